The van der Waals surface area contributed by atoms with Gasteiger partial charge in [0, 0.05) is 18.3 Å². The first-order chi connectivity index (χ1) is 6.83. The number of H-pyrrole nitrogens is 1. The molecule has 1 heterocycles. The Hall–Kier alpha value is -0.790. The Morgan fingerprint density at radius 2 is 1.86 bits per heavy atom. The number of aromatic amines is 1. The summed E-state index contributed by atoms with van der Waals surface area (Å²) in [6, 6.07) is 0. The molecule has 1 aromatic heterocycles. The van der Waals surface area contributed by atoms with Crippen LogP contribution in [0.5, 0.6) is 0 Å². The molecule has 0 saturated carbocycles. The quantitative estimate of drug-likeness (QED) is 0.660. The third kappa shape index (κ3) is 4.45. The van der Waals surface area contributed by atoms with Gasteiger partial charge in [0.05, 0.1) is 0 Å². The van der Waals surface area contributed by atoms with Crippen LogP contribution in [0.25, 0.3) is 0 Å². The number of hydrogen-bond donors (Lipinski definition) is 1. The first-order valence-electron chi connectivity index (χ1n) is 5.83. The van der Waals surface area contributed by atoms with E-state index in [0.717, 1.165) is 12.2 Å². The molecule has 80 valence electrons. The molecule has 2 nitrogen and oxygen atoms in total. The van der Waals surface area contributed by atoms with Crippen LogP contribution in [0.2, 0.25) is 0 Å². The lowest BCUT2D eigenvalue weighted by Crippen LogP contribution is -1.88. The smallest absolute Gasteiger partial charge is 0.106 e. The normalized spacial score (nSPS) is 10.7. The maximum absolute atomic E-state index is 4.29. The predicted octanol–water partition coefficient (Wildman–Crippen LogP) is 3.62. The number of unbranched alkanes of at least 4 members (excludes halogenated alkanes) is 5. The van der Waals surface area contributed by atoms with Gasteiger partial charge in [0.2, 0.25) is 0 Å². The highest BCUT2D eigenvalue weighted by Crippen LogP contribution is 2.07. The van der Waals surface area contributed by atoms with Crippen molar-refractivity contribution < 1.29 is 0 Å². The lowest BCUT2D eigenvalue weighted by molar-refractivity contribution is 0.602. The molecule has 0 aliphatic rings. The molecular weight excluding hydrogens is 172 g/mol. The van der Waals surface area contributed by atoms with E-state index in [1.54, 1.807) is 0 Å². The number of rotatable bonds is 7. The van der Waals surface area contributed by atoms with E-state index in [4.69, 9.17) is 0 Å². The van der Waals surface area contributed by atoms with Gasteiger partial charge in [-0.3, -0.25) is 0 Å². The largest absolute Gasteiger partial charge is 0.346 e. The molecule has 0 bridgehead atoms. The first kappa shape index (κ1) is 11.3. The van der Waals surface area contributed by atoms with Gasteiger partial charge >= 0.3 is 0 Å². The molecule has 1 N–H and O–H groups in total. The number of hydrogen-bond acceptors (Lipinski definition) is 1. The monoisotopic (exact) mass is 194 g/mol. The Morgan fingerprint density at radius 1 is 1.14 bits per heavy atom. The fraction of sp³-hybridized carbons (Fsp3) is 0.750. The van der Waals surface area contributed by atoms with Crippen LogP contribution in [0.15, 0.2) is 6.20 Å². The highest BCUT2D eigenvalue weighted by atomic mass is 14.9. The zero-order valence-corrected chi connectivity index (χ0v) is 9.47. The molecule has 1 aromatic rings. The first-order valence-corrected chi connectivity index (χ1v) is 5.83. The SMILES string of the molecule is CCCCCCCCc1ncc(C)[nH]1. The maximum Gasteiger partial charge on any atom is 0.106 e. The summed E-state index contributed by atoms with van der Waals surface area (Å²) in [5.41, 5.74) is 1.17. The Morgan fingerprint density at radius 3 is 2.50 bits per heavy atom. The van der Waals surface area contributed by atoms with Gasteiger partial charge in [-0.25, -0.2) is 4.98 Å². The highest BCUT2D eigenvalue weighted by Gasteiger charge is 1.96. The Kier molecular flexibility index (Phi) is 5.35. The van der Waals surface area contributed by atoms with Crippen molar-refractivity contribution in [1.82, 2.24) is 9.97 Å². The molecule has 0 saturated heterocycles. The Bertz CT molecular complexity index is 240. The summed E-state index contributed by atoms with van der Waals surface area (Å²) in [4.78, 5) is 7.56. The molecule has 0 atom stereocenters. The molecule has 1 rings (SSSR count). The van der Waals surface area contributed by atoms with Gasteiger partial charge in [-0.05, 0) is 13.3 Å². The van der Waals surface area contributed by atoms with E-state index in [0.29, 0.717) is 0 Å². The predicted molar refractivity (Wildman–Crippen MR) is 60.4 cm³/mol. The number of aryl methyl sites for hydroxylation is 2. The van der Waals surface area contributed by atoms with Crippen molar-refractivity contribution >= 4 is 0 Å². The zero-order valence-electron chi connectivity index (χ0n) is 9.47. The Labute approximate surface area is 87.1 Å². The highest BCUT2D eigenvalue weighted by molar-refractivity contribution is 4.98. The average molecular weight is 194 g/mol. The van der Waals surface area contributed by atoms with E-state index >= 15 is 0 Å². The average Bonchev–Trinajstić information content (AvgIpc) is 2.58. The van der Waals surface area contributed by atoms with Gasteiger partial charge < -0.3 is 4.98 Å². The summed E-state index contributed by atoms with van der Waals surface area (Å²) in [7, 11) is 0. The van der Waals surface area contributed by atoms with Gasteiger partial charge in [0.1, 0.15) is 5.82 Å². The molecule has 0 amide bonds. The van der Waals surface area contributed by atoms with Crippen LogP contribution in [0.3, 0.4) is 0 Å². The third-order valence-electron chi connectivity index (χ3n) is 2.52. The molecule has 0 unspecified atom stereocenters. The fourth-order valence-corrected chi connectivity index (χ4v) is 1.67. The fourth-order valence-electron chi connectivity index (χ4n) is 1.67. The zero-order chi connectivity index (χ0) is 10.2. The Balaban J connectivity index is 1.99. The van der Waals surface area contributed by atoms with Crippen molar-refractivity contribution in [1.29, 1.82) is 0 Å². The molecule has 0 aliphatic carbocycles. The summed E-state index contributed by atoms with van der Waals surface area (Å²) in [5.74, 6) is 1.15. The summed E-state index contributed by atoms with van der Waals surface area (Å²) >= 11 is 0. The minimum atomic E-state index is 1.11. The van der Waals surface area contributed by atoms with E-state index in [2.05, 4.69) is 23.8 Å². The molecule has 2 heteroatoms. The third-order valence-corrected chi connectivity index (χ3v) is 2.52. The van der Waals surface area contributed by atoms with Gasteiger partial charge in [0.25, 0.3) is 0 Å². The minimum absolute atomic E-state index is 1.11. The van der Waals surface area contributed by atoms with Crippen LogP contribution in [0, 0.1) is 6.92 Å². The second-order valence-corrected chi connectivity index (χ2v) is 4.03. The van der Waals surface area contributed by atoms with Crippen molar-refractivity contribution in [2.24, 2.45) is 0 Å². The summed E-state index contributed by atoms with van der Waals surface area (Å²) in [6.07, 6.45) is 11.1. The molecule has 0 spiro atoms. The van der Waals surface area contributed by atoms with E-state index in [-0.39, 0.29) is 0 Å². The van der Waals surface area contributed by atoms with Gasteiger partial charge in [-0.2, -0.15) is 0 Å². The van der Waals surface area contributed by atoms with E-state index < -0.39 is 0 Å². The number of imidazole rings is 1. The van der Waals surface area contributed by atoms with Crippen LogP contribution < -0.4 is 0 Å². The molecule has 0 fully saturated rings. The summed E-state index contributed by atoms with van der Waals surface area (Å²) in [5, 5.41) is 0. The van der Waals surface area contributed by atoms with Crippen LogP contribution >= 0.6 is 0 Å². The standard InChI is InChI=1S/C12H22N2/c1-3-4-5-6-7-8-9-12-13-10-11(2)14-12/h10H,3-9H2,1-2H3,(H,13,14). The second-order valence-electron chi connectivity index (χ2n) is 4.03. The van der Waals surface area contributed by atoms with Crippen molar-refractivity contribution in [3.63, 3.8) is 0 Å². The summed E-state index contributed by atoms with van der Waals surface area (Å²) in [6.45, 7) is 4.31. The van der Waals surface area contributed by atoms with Crippen molar-refractivity contribution in [3.8, 4) is 0 Å². The van der Waals surface area contributed by atoms with Gasteiger partial charge in [-0.1, -0.05) is 39.0 Å². The van der Waals surface area contributed by atoms with Crippen molar-refractivity contribution in [2.45, 2.75) is 58.8 Å². The van der Waals surface area contributed by atoms with Gasteiger partial charge in [-0.15, -0.1) is 0 Å². The van der Waals surface area contributed by atoms with Crippen LogP contribution in [-0.2, 0) is 6.42 Å². The molecule has 0 radical (unpaired) electrons. The van der Waals surface area contributed by atoms with Crippen LogP contribution in [0.4, 0.5) is 0 Å². The van der Waals surface area contributed by atoms with Crippen LogP contribution in [-0.4, -0.2) is 9.97 Å². The lowest BCUT2D eigenvalue weighted by Gasteiger charge is -1.98. The van der Waals surface area contributed by atoms with Crippen molar-refractivity contribution in [2.75, 3.05) is 0 Å². The minimum Gasteiger partial charge on any atom is -0.346 e. The van der Waals surface area contributed by atoms with Gasteiger partial charge in [0.15, 0.2) is 0 Å². The molecule has 0 aliphatic heterocycles. The topological polar surface area (TPSA) is 28.7 Å². The molecule has 0 aromatic carbocycles. The second kappa shape index (κ2) is 6.63. The number of aromatic nitrogens is 2. The lowest BCUT2D eigenvalue weighted by atomic mass is 10.1. The number of nitrogens with zero attached hydrogens (tertiary/aromatic N) is 1. The van der Waals surface area contributed by atoms with E-state index in [1.807, 2.05) is 6.20 Å². The number of nitrogens with one attached hydrogen (secondary N) is 1. The van der Waals surface area contributed by atoms with E-state index in [9.17, 15) is 0 Å². The van der Waals surface area contributed by atoms with Crippen molar-refractivity contribution in [3.05, 3.63) is 17.7 Å². The summed E-state index contributed by atoms with van der Waals surface area (Å²) < 4.78 is 0. The molecule has 14 heavy (non-hydrogen) atoms. The van der Waals surface area contributed by atoms with E-state index in [1.165, 1.54) is 44.2 Å². The molecular formula is C12H22N2. The maximum atomic E-state index is 4.29. The van der Waals surface area contributed by atoms with Crippen LogP contribution in [0.1, 0.15) is 57.0 Å².